The van der Waals surface area contributed by atoms with Crippen LogP contribution in [0.25, 0.3) is 5.69 Å². The number of aryl methyl sites for hydroxylation is 1. The van der Waals surface area contributed by atoms with E-state index in [-0.39, 0.29) is 17.1 Å². The van der Waals surface area contributed by atoms with Crippen molar-refractivity contribution in [3.63, 3.8) is 0 Å². The molecule has 0 aliphatic rings. The van der Waals surface area contributed by atoms with Crippen molar-refractivity contribution in [3.8, 4) is 5.69 Å². The summed E-state index contributed by atoms with van der Waals surface area (Å²) in [7, 11) is 0. The molecule has 0 aliphatic carbocycles. The minimum absolute atomic E-state index is 0.0413. The summed E-state index contributed by atoms with van der Waals surface area (Å²) in [4.78, 5) is 22.3. The number of aromatic nitrogens is 2. The summed E-state index contributed by atoms with van der Waals surface area (Å²) < 4.78 is 1.21. The Balaban J connectivity index is 2.71. The molecule has 98 valence electrons. The lowest BCUT2D eigenvalue weighted by Gasteiger charge is -2.06. The summed E-state index contributed by atoms with van der Waals surface area (Å²) in [5, 5.41) is 4.33. The van der Waals surface area contributed by atoms with Crippen molar-refractivity contribution in [1.82, 2.24) is 9.78 Å². The molecule has 0 saturated carbocycles. The number of halogens is 1. The van der Waals surface area contributed by atoms with Crippen molar-refractivity contribution >= 4 is 29.5 Å². The van der Waals surface area contributed by atoms with Gasteiger partial charge in [-0.1, -0.05) is 17.7 Å². The number of carbonyl (C=O) groups is 2. The Kier molecular flexibility index (Phi) is 3.26. The van der Waals surface area contributed by atoms with E-state index in [0.29, 0.717) is 17.0 Å². The van der Waals surface area contributed by atoms with E-state index in [1.807, 2.05) is 6.92 Å². The van der Waals surface area contributed by atoms with E-state index >= 15 is 0 Å². The molecular formula is C12H11ClN4O2. The Labute approximate surface area is 113 Å². The quantitative estimate of drug-likeness (QED) is 0.826. The van der Waals surface area contributed by atoms with Crippen LogP contribution < -0.4 is 11.5 Å². The van der Waals surface area contributed by atoms with E-state index in [9.17, 15) is 9.59 Å². The fourth-order valence-corrected chi connectivity index (χ4v) is 2.02. The van der Waals surface area contributed by atoms with Gasteiger partial charge in [-0.25, -0.2) is 4.68 Å². The number of benzene rings is 1. The summed E-state index contributed by atoms with van der Waals surface area (Å²) >= 11 is 6.10. The van der Waals surface area contributed by atoms with Crippen molar-refractivity contribution < 1.29 is 9.59 Å². The third-order valence-electron chi connectivity index (χ3n) is 2.64. The monoisotopic (exact) mass is 278 g/mol. The van der Waals surface area contributed by atoms with Crippen LogP contribution in [0, 0.1) is 6.92 Å². The van der Waals surface area contributed by atoms with Gasteiger partial charge in [0.1, 0.15) is 5.69 Å². The molecule has 0 saturated heterocycles. The normalized spacial score (nSPS) is 10.4. The van der Waals surface area contributed by atoms with E-state index in [1.54, 1.807) is 18.2 Å². The van der Waals surface area contributed by atoms with Crippen molar-refractivity contribution in [2.24, 2.45) is 5.73 Å². The van der Waals surface area contributed by atoms with Gasteiger partial charge in [0.05, 0.1) is 16.4 Å². The fraction of sp³-hybridized carbons (Fsp3) is 0.0833. The van der Waals surface area contributed by atoms with Gasteiger partial charge in [-0.15, -0.1) is 0 Å². The number of nitrogens with zero attached hydrogens (tertiary/aromatic N) is 2. The fourth-order valence-electron chi connectivity index (χ4n) is 1.71. The van der Waals surface area contributed by atoms with Gasteiger partial charge in [-0.05, 0) is 24.6 Å². The Morgan fingerprint density at radius 1 is 1.47 bits per heavy atom. The lowest BCUT2D eigenvalue weighted by molar-refractivity contribution is 0.0995. The van der Waals surface area contributed by atoms with Crippen LogP contribution in [0.2, 0.25) is 5.02 Å². The van der Waals surface area contributed by atoms with Gasteiger partial charge in [0.25, 0.3) is 5.91 Å². The number of primary amides is 1. The minimum Gasteiger partial charge on any atom is -0.395 e. The lowest BCUT2D eigenvalue weighted by Crippen LogP contribution is -2.14. The molecule has 0 atom stereocenters. The second-order valence-corrected chi connectivity index (χ2v) is 4.40. The number of aldehydes is 1. The second-order valence-electron chi connectivity index (χ2n) is 4.00. The van der Waals surface area contributed by atoms with Gasteiger partial charge in [0.15, 0.2) is 12.0 Å². The van der Waals surface area contributed by atoms with E-state index in [0.717, 1.165) is 5.56 Å². The molecule has 2 rings (SSSR count). The number of amides is 1. The molecule has 0 spiro atoms. The maximum atomic E-state index is 11.2. The maximum absolute atomic E-state index is 11.2. The van der Waals surface area contributed by atoms with Gasteiger partial charge in [0, 0.05) is 0 Å². The molecule has 1 aromatic carbocycles. The van der Waals surface area contributed by atoms with Crippen LogP contribution in [0.5, 0.6) is 0 Å². The zero-order valence-corrected chi connectivity index (χ0v) is 10.8. The number of nitrogen functional groups attached to an aromatic ring is 1. The Morgan fingerprint density at radius 2 is 2.16 bits per heavy atom. The summed E-state index contributed by atoms with van der Waals surface area (Å²) in [6.07, 6.45) is 0.505. The highest BCUT2D eigenvalue weighted by atomic mass is 35.5. The van der Waals surface area contributed by atoms with Crippen LogP contribution in [-0.4, -0.2) is 22.0 Å². The van der Waals surface area contributed by atoms with Crippen LogP contribution in [0.3, 0.4) is 0 Å². The molecular weight excluding hydrogens is 268 g/mol. The van der Waals surface area contributed by atoms with Gasteiger partial charge >= 0.3 is 0 Å². The van der Waals surface area contributed by atoms with E-state index in [2.05, 4.69) is 5.10 Å². The molecule has 7 heteroatoms. The minimum atomic E-state index is -0.803. The first-order chi connectivity index (χ1) is 8.95. The third-order valence-corrected chi connectivity index (χ3v) is 2.94. The maximum Gasteiger partial charge on any atom is 0.271 e. The first-order valence-electron chi connectivity index (χ1n) is 5.35. The first kappa shape index (κ1) is 13.1. The van der Waals surface area contributed by atoms with E-state index < -0.39 is 5.91 Å². The smallest absolute Gasteiger partial charge is 0.271 e. The molecule has 1 heterocycles. The average molecular weight is 279 g/mol. The van der Waals surface area contributed by atoms with Crippen LogP contribution in [0.15, 0.2) is 18.2 Å². The Hall–Kier alpha value is -2.34. The molecule has 0 fully saturated rings. The van der Waals surface area contributed by atoms with Crippen molar-refractivity contribution in [2.75, 3.05) is 5.73 Å². The van der Waals surface area contributed by atoms with E-state index in [1.165, 1.54) is 4.68 Å². The summed E-state index contributed by atoms with van der Waals surface area (Å²) in [6.45, 7) is 1.88. The van der Waals surface area contributed by atoms with Gasteiger partial charge < -0.3 is 11.5 Å². The zero-order valence-electron chi connectivity index (χ0n) is 10.1. The second kappa shape index (κ2) is 4.74. The predicted octanol–water partition coefficient (Wildman–Crippen LogP) is 1.33. The third kappa shape index (κ3) is 2.17. The Bertz CT molecular complexity index is 679. The highest BCUT2D eigenvalue weighted by molar-refractivity contribution is 6.32. The molecule has 0 unspecified atom stereocenters. The highest BCUT2D eigenvalue weighted by Gasteiger charge is 2.20. The molecule has 4 N–H and O–H groups in total. The number of nitrogens with two attached hydrogens (primary N) is 2. The van der Waals surface area contributed by atoms with Gasteiger partial charge in [0.2, 0.25) is 0 Å². The van der Waals surface area contributed by atoms with E-state index in [4.69, 9.17) is 23.1 Å². The van der Waals surface area contributed by atoms with Crippen molar-refractivity contribution in [2.45, 2.75) is 6.92 Å². The average Bonchev–Trinajstić information content (AvgIpc) is 2.66. The molecule has 19 heavy (non-hydrogen) atoms. The number of hydrogen-bond donors (Lipinski definition) is 2. The van der Waals surface area contributed by atoms with Crippen molar-refractivity contribution in [3.05, 3.63) is 40.2 Å². The zero-order chi connectivity index (χ0) is 14.2. The summed E-state index contributed by atoms with van der Waals surface area (Å²) in [6, 6.07) is 5.20. The molecule has 0 bridgehead atoms. The lowest BCUT2D eigenvalue weighted by atomic mass is 10.2. The summed E-state index contributed by atoms with van der Waals surface area (Å²) in [5.41, 5.74) is 12.1. The number of carbonyl (C=O) groups excluding carboxylic acids is 2. The van der Waals surface area contributed by atoms with Gasteiger partial charge in [-0.2, -0.15) is 5.10 Å². The first-order valence-corrected chi connectivity index (χ1v) is 5.73. The number of anilines is 1. The molecule has 6 nitrogen and oxygen atoms in total. The summed E-state index contributed by atoms with van der Waals surface area (Å²) in [5.74, 6) is -0.803. The van der Waals surface area contributed by atoms with Gasteiger partial charge in [-0.3, -0.25) is 9.59 Å². The standard InChI is InChI=1S/C12H11ClN4O2/c1-6-2-3-8(7(13)4-6)17-9(5-18)10(14)11(16-17)12(15)19/h2-5H,14H2,1H3,(H2,15,19). The van der Waals surface area contributed by atoms with Crippen LogP contribution in [0.1, 0.15) is 26.5 Å². The number of rotatable bonds is 3. The predicted molar refractivity (Wildman–Crippen MR) is 71.6 cm³/mol. The molecule has 2 aromatic rings. The SMILES string of the molecule is Cc1ccc(-n2nc(C(N)=O)c(N)c2C=O)c(Cl)c1. The molecule has 1 amide bonds. The largest absolute Gasteiger partial charge is 0.395 e. The van der Waals surface area contributed by atoms with Crippen LogP contribution in [-0.2, 0) is 0 Å². The van der Waals surface area contributed by atoms with Crippen molar-refractivity contribution in [1.29, 1.82) is 0 Å². The topological polar surface area (TPSA) is 104 Å². The van der Waals surface area contributed by atoms with Crippen LogP contribution in [0.4, 0.5) is 5.69 Å². The number of hydrogen-bond acceptors (Lipinski definition) is 4. The molecule has 1 aromatic heterocycles. The van der Waals surface area contributed by atoms with Crippen LogP contribution >= 0.6 is 11.6 Å². The highest BCUT2D eigenvalue weighted by Crippen LogP contribution is 2.25. The molecule has 0 radical (unpaired) electrons. The Morgan fingerprint density at radius 3 is 2.68 bits per heavy atom. The molecule has 0 aliphatic heterocycles.